The van der Waals surface area contributed by atoms with E-state index in [9.17, 15) is 4.79 Å². The minimum Gasteiger partial charge on any atom is -0.461 e. The molecule has 0 N–H and O–H groups in total. The summed E-state index contributed by atoms with van der Waals surface area (Å²) in [5.41, 5.74) is 0. The number of hydrogen-bond donors (Lipinski definition) is 0. The second-order valence-corrected chi connectivity index (χ2v) is 4.42. The van der Waals surface area contributed by atoms with Crippen molar-refractivity contribution in [3.8, 4) is 0 Å². The average molecular weight is 240 g/mol. The maximum Gasteiger partial charge on any atom is 0.305 e. The number of allylic oxidation sites excluding steroid dienone is 1. The van der Waals surface area contributed by atoms with Crippen LogP contribution in [0.15, 0.2) is 12.2 Å². The number of ether oxygens (including phenoxy) is 1. The average Bonchev–Trinajstić information content (AvgIpc) is 2.35. The third-order valence-electron chi connectivity index (χ3n) is 2.77. The van der Waals surface area contributed by atoms with Crippen molar-refractivity contribution in [3.63, 3.8) is 0 Å². The first kappa shape index (κ1) is 16.2. The van der Waals surface area contributed by atoms with Crippen molar-refractivity contribution < 1.29 is 9.53 Å². The van der Waals surface area contributed by atoms with Gasteiger partial charge in [0.15, 0.2) is 0 Å². The molecule has 0 aromatic carbocycles. The van der Waals surface area contributed by atoms with E-state index in [0.29, 0.717) is 13.0 Å². The SMILES string of the molecule is CCCCCCCCC/C=C\COC(=O)CC. The number of carbonyl (C=O) groups excluding carboxylic acids is 1. The van der Waals surface area contributed by atoms with Gasteiger partial charge in [0.2, 0.25) is 0 Å². The van der Waals surface area contributed by atoms with Gasteiger partial charge in [-0.3, -0.25) is 4.79 Å². The van der Waals surface area contributed by atoms with Crippen molar-refractivity contribution in [1.82, 2.24) is 0 Å². The number of unbranched alkanes of at least 4 members (excludes halogenated alkanes) is 7. The Bertz CT molecular complexity index is 197. The molecule has 0 aliphatic carbocycles. The van der Waals surface area contributed by atoms with E-state index in [2.05, 4.69) is 13.0 Å². The molecule has 0 aromatic rings. The van der Waals surface area contributed by atoms with Gasteiger partial charge >= 0.3 is 5.97 Å². The monoisotopic (exact) mass is 240 g/mol. The van der Waals surface area contributed by atoms with Crippen LogP contribution in [0.2, 0.25) is 0 Å². The van der Waals surface area contributed by atoms with E-state index in [0.717, 1.165) is 6.42 Å². The second kappa shape index (κ2) is 13.3. The van der Waals surface area contributed by atoms with Crippen molar-refractivity contribution in [2.45, 2.75) is 71.6 Å². The molecule has 0 spiro atoms. The highest BCUT2D eigenvalue weighted by Gasteiger charge is 1.93. The van der Waals surface area contributed by atoms with Gasteiger partial charge in [0, 0.05) is 6.42 Å². The van der Waals surface area contributed by atoms with Crippen LogP contribution < -0.4 is 0 Å². The van der Waals surface area contributed by atoms with Crippen LogP contribution in [0, 0.1) is 0 Å². The smallest absolute Gasteiger partial charge is 0.305 e. The fourth-order valence-corrected chi connectivity index (χ4v) is 1.65. The van der Waals surface area contributed by atoms with E-state index in [1.54, 1.807) is 0 Å². The van der Waals surface area contributed by atoms with E-state index >= 15 is 0 Å². The van der Waals surface area contributed by atoms with Crippen LogP contribution >= 0.6 is 0 Å². The summed E-state index contributed by atoms with van der Waals surface area (Å²) in [4.78, 5) is 10.8. The Morgan fingerprint density at radius 1 is 0.941 bits per heavy atom. The van der Waals surface area contributed by atoms with Crippen molar-refractivity contribution in [2.24, 2.45) is 0 Å². The molecule has 17 heavy (non-hydrogen) atoms. The summed E-state index contributed by atoms with van der Waals surface area (Å²) < 4.78 is 4.94. The molecule has 0 amide bonds. The highest BCUT2D eigenvalue weighted by Crippen LogP contribution is 2.08. The van der Waals surface area contributed by atoms with E-state index in [4.69, 9.17) is 4.74 Å². The minimum atomic E-state index is -0.120. The molecule has 0 aromatic heterocycles. The molecule has 0 atom stereocenters. The number of carbonyl (C=O) groups is 1. The van der Waals surface area contributed by atoms with Gasteiger partial charge in [-0.25, -0.2) is 0 Å². The summed E-state index contributed by atoms with van der Waals surface area (Å²) in [7, 11) is 0. The molecule has 0 saturated heterocycles. The quantitative estimate of drug-likeness (QED) is 0.299. The first-order valence-corrected chi connectivity index (χ1v) is 7.11. The molecule has 0 bridgehead atoms. The summed E-state index contributed by atoms with van der Waals surface area (Å²) in [6, 6.07) is 0. The number of hydrogen-bond acceptors (Lipinski definition) is 2. The summed E-state index contributed by atoms with van der Waals surface area (Å²) in [6.45, 7) is 4.49. The molecule has 0 rings (SSSR count). The molecule has 0 radical (unpaired) electrons. The van der Waals surface area contributed by atoms with Crippen molar-refractivity contribution >= 4 is 5.97 Å². The Balaban J connectivity index is 3.11. The van der Waals surface area contributed by atoms with Gasteiger partial charge in [-0.2, -0.15) is 0 Å². The molecule has 0 heterocycles. The predicted molar refractivity (Wildman–Crippen MR) is 73.0 cm³/mol. The highest BCUT2D eigenvalue weighted by atomic mass is 16.5. The summed E-state index contributed by atoms with van der Waals surface area (Å²) in [5, 5.41) is 0. The zero-order valence-corrected chi connectivity index (χ0v) is 11.5. The third kappa shape index (κ3) is 13.1. The summed E-state index contributed by atoms with van der Waals surface area (Å²) >= 11 is 0. The van der Waals surface area contributed by atoms with E-state index in [1.807, 2.05) is 13.0 Å². The standard InChI is InChI=1S/C15H28O2/c1-3-5-6-7-8-9-10-11-12-13-14-17-15(16)4-2/h12-13H,3-11,14H2,1-2H3/b13-12-. The van der Waals surface area contributed by atoms with Crippen LogP contribution in [-0.2, 0) is 9.53 Å². The number of esters is 1. The van der Waals surface area contributed by atoms with Gasteiger partial charge in [-0.15, -0.1) is 0 Å². The molecule has 0 aliphatic heterocycles. The molecule has 0 unspecified atom stereocenters. The summed E-state index contributed by atoms with van der Waals surface area (Å²) in [6.07, 6.45) is 15.0. The fraction of sp³-hybridized carbons (Fsp3) is 0.800. The first-order chi connectivity index (χ1) is 8.31. The molecule has 0 saturated carbocycles. The van der Waals surface area contributed by atoms with Crippen molar-refractivity contribution in [1.29, 1.82) is 0 Å². The Morgan fingerprint density at radius 2 is 1.59 bits per heavy atom. The minimum absolute atomic E-state index is 0.120. The maximum atomic E-state index is 10.8. The van der Waals surface area contributed by atoms with Gasteiger partial charge in [-0.1, -0.05) is 64.5 Å². The van der Waals surface area contributed by atoms with E-state index in [1.165, 1.54) is 44.9 Å². The Morgan fingerprint density at radius 3 is 2.24 bits per heavy atom. The largest absolute Gasteiger partial charge is 0.461 e. The molecule has 2 nitrogen and oxygen atoms in total. The molecule has 100 valence electrons. The van der Waals surface area contributed by atoms with Crippen LogP contribution in [0.5, 0.6) is 0 Å². The van der Waals surface area contributed by atoms with Crippen LogP contribution in [0.25, 0.3) is 0 Å². The number of rotatable bonds is 11. The Kier molecular flexibility index (Phi) is 12.7. The lowest BCUT2D eigenvalue weighted by Gasteiger charge is -1.99. The molecule has 2 heteroatoms. The van der Waals surface area contributed by atoms with Crippen LogP contribution in [0.4, 0.5) is 0 Å². The van der Waals surface area contributed by atoms with Gasteiger partial charge in [0.1, 0.15) is 6.61 Å². The summed E-state index contributed by atoms with van der Waals surface area (Å²) in [5.74, 6) is -0.120. The Hall–Kier alpha value is -0.790. The van der Waals surface area contributed by atoms with E-state index in [-0.39, 0.29) is 5.97 Å². The lowest BCUT2D eigenvalue weighted by molar-refractivity contribution is -0.141. The second-order valence-electron chi connectivity index (χ2n) is 4.42. The topological polar surface area (TPSA) is 26.3 Å². The molecular formula is C15H28O2. The van der Waals surface area contributed by atoms with Gasteiger partial charge in [-0.05, 0) is 12.8 Å². The first-order valence-electron chi connectivity index (χ1n) is 7.11. The molecule has 0 aliphatic rings. The van der Waals surface area contributed by atoms with Gasteiger partial charge in [0.05, 0.1) is 0 Å². The lowest BCUT2D eigenvalue weighted by Crippen LogP contribution is -2.01. The Labute approximate surface area is 106 Å². The normalized spacial score (nSPS) is 10.9. The zero-order valence-electron chi connectivity index (χ0n) is 11.5. The third-order valence-corrected chi connectivity index (χ3v) is 2.77. The lowest BCUT2D eigenvalue weighted by atomic mass is 10.1. The predicted octanol–water partition coefficient (Wildman–Crippen LogP) is 4.64. The molecule has 0 fully saturated rings. The van der Waals surface area contributed by atoms with E-state index < -0.39 is 0 Å². The fourth-order valence-electron chi connectivity index (χ4n) is 1.65. The van der Waals surface area contributed by atoms with Crippen molar-refractivity contribution in [2.75, 3.05) is 6.61 Å². The molecular weight excluding hydrogens is 212 g/mol. The van der Waals surface area contributed by atoms with Gasteiger partial charge in [0.25, 0.3) is 0 Å². The van der Waals surface area contributed by atoms with Crippen LogP contribution in [0.1, 0.15) is 71.6 Å². The van der Waals surface area contributed by atoms with Crippen LogP contribution in [0.3, 0.4) is 0 Å². The van der Waals surface area contributed by atoms with Crippen molar-refractivity contribution in [3.05, 3.63) is 12.2 Å². The van der Waals surface area contributed by atoms with Gasteiger partial charge < -0.3 is 4.74 Å². The highest BCUT2D eigenvalue weighted by molar-refractivity contribution is 5.68. The maximum absolute atomic E-state index is 10.8. The zero-order chi connectivity index (χ0) is 12.8. The van der Waals surface area contributed by atoms with Crippen LogP contribution in [-0.4, -0.2) is 12.6 Å².